The molecule has 0 unspecified atom stereocenters. The number of aromatic nitrogens is 1. The molecular formula is C16H25BrN2O. The summed E-state index contributed by atoms with van der Waals surface area (Å²) in [5, 5.41) is 3.63. The molecule has 3 nitrogen and oxygen atoms in total. The molecule has 1 fully saturated rings. The standard InChI is InChI=1S/C16H25BrN2O/c1-16(2,3)11-5-7-12(8-6-11)19-13-9-10-18-15(20-4)14(13)17/h9-12H,5-8H2,1-4H3,(H,18,19). The summed E-state index contributed by atoms with van der Waals surface area (Å²) >= 11 is 3.56. The second-order valence-corrected chi connectivity index (χ2v) is 7.53. The Bertz CT molecular complexity index is 448. The first-order valence-corrected chi connectivity index (χ1v) is 8.16. The summed E-state index contributed by atoms with van der Waals surface area (Å²) in [7, 11) is 1.64. The van der Waals surface area contributed by atoms with Crippen molar-refractivity contribution < 1.29 is 4.74 Å². The molecule has 0 aromatic carbocycles. The number of pyridine rings is 1. The van der Waals surface area contributed by atoms with Crippen molar-refractivity contribution in [1.82, 2.24) is 4.98 Å². The van der Waals surface area contributed by atoms with Crippen molar-refractivity contribution in [3.8, 4) is 5.88 Å². The molecule has 112 valence electrons. The van der Waals surface area contributed by atoms with Gasteiger partial charge in [-0.3, -0.25) is 0 Å². The Morgan fingerprint density at radius 1 is 1.25 bits per heavy atom. The highest BCUT2D eigenvalue weighted by molar-refractivity contribution is 9.10. The van der Waals surface area contributed by atoms with Crippen LogP contribution in [0.4, 0.5) is 5.69 Å². The summed E-state index contributed by atoms with van der Waals surface area (Å²) in [5.74, 6) is 1.48. The lowest BCUT2D eigenvalue weighted by Crippen LogP contribution is -2.31. The van der Waals surface area contributed by atoms with E-state index in [1.165, 1.54) is 25.7 Å². The fraction of sp³-hybridized carbons (Fsp3) is 0.688. The molecule has 2 rings (SSSR count). The lowest BCUT2D eigenvalue weighted by atomic mass is 9.71. The van der Waals surface area contributed by atoms with E-state index in [0.29, 0.717) is 17.3 Å². The maximum Gasteiger partial charge on any atom is 0.229 e. The molecule has 0 bridgehead atoms. The monoisotopic (exact) mass is 340 g/mol. The van der Waals surface area contributed by atoms with Crippen LogP contribution in [0.5, 0.6) is 5.88 Å². The van der Waals surface area contributed by atoms with Crippen molar-refractivity contribution in [2.24, 2.45) is 11.3 Å². The molecule has 0 atom stereocenters. The summed E-state index contributed by atoms with van der Waals surface area (Å²) < 4.78 is 6.16. The Balaban J connectivity index is 1.96. The van der Waals surface area contributed by atoms with Gasteiger partial charge in [-0.1, -0.05) is 20.8 Å². The van der Waals surface area contributed by atoms with Crippen molar-refractivity contribution in [2.75, 3.05) is 12.4 Å². The van der Waals surface area contributed by atoms with Gasteiger partial charge in [0.25, 0.3) is 0 Å². The van der Waals surface area contributed by atoms with Gasteiger partial charge in [0.05, 0.1) is 12.8 Å². The SMILES string of the molecule is COc1nccc(NC2CCC(C(C)(C)C)CC2)c1Br. The molecule has 1 N–H and O–H groups in total. The Hall–Kier alpha value is -0.770. The predicted molar refractivity (Wildman–Crippen MR) is 87.3 cm³/mol. The smallest absolute Gasteiger partial charge is 0.229 e. The topological polar surface area (TPSA) is 34.1 Å². The minimum atomic E-state index is 0.436. The molecule has 0 radical (unpaired) electrons. The van der Waals surface area contributed by atoms with E-state index in [2.05, 4.69) is 47.0 Å². The highest BCUT2D eigenvalue weighted by atomic mass is 79.9. The lowest BCUT2D eigenvalue weighted by Gasteiger charge is -2.37. The van der Waals surface area contributed by atoms with Gasteiger partial charge in [0, 0.05) is 12.2 Å². The van der Waals surface area contributed by atoms with Gasteiger partial charge in [0.2, 0.25) is 5.88 Å². The van der Waals surface area contributed by atoms with E-state index in [1.807, 2.05) is 6.07 Å². The van der Waals surface area contributed by atoms with Gasteiger partial charge < -0.3 is 10.1 Å². The Morgan fingerprint density at radius 2 is 1.90 bits per heavy atom. The van der Waals surface area contributed by atoms with Crippen LogP contribution in [0.15, 0.2) is 16.7 Å². The first-order valence-electron chi connectivity index (χ1n) is 7.37. The van der Waals surface area contributed by atoms with Gasteiger partial charge >= 0.3 is 0 Å². The number of anilines is 1. The fourth-order valence-electron chi connectivity index (χ4n) is 3.00. The molecule has 0 amide bonds. The summed E-state index contributed by atoms with van der Waals surface area (Å²) in [6, 6.07) is 2.56. The van der Waals surface area contributed by atoms with Gasteiger partial charge in [-0.15, -0.1) is 0 Å². The van der Waals surface area contributed by atoms with E-state index in [4.69, 9.17) is 4.74 Å². The summed E-state index contributed by atoms with van der Waals surface area (Å²) in [6.07, 6.45) is 6.87. The molecule has 1 aliphatic rings. The van der Waals surface area contributed by atoms with Gasteiger partial charge in [-0.25, -0.2) is 4.98 Å². The van der Waals surface area contributed by atoms with Crippen LogP contribution in [0.1, 0.15) is 46.5 Å². The van der Waals surface area contributed by atoms with E-state index in [-0.39, 0.29) is 0 Å². The Morgan fingerprint density at radius 3 is 2.45 bits per heavy atom. The minimum Gasteiger partial charge on any atom is -0.480 e. The summed E-state index contributed by atoms with van der Waals surface area (Å²) in [5.41, 5.74) is 1.52. The second kappa shape index (κ2) is 6.33. The lowest BCUT2D eigenvalue weighted by molar-refractivity contribution is 0.173. The van der Waals surface area contributed by atoms with Crippen molar-refractivity contribution in [1.29, 1.82) is 0 Å². The molecular weight excluding hydrogens is 316 g/mol. The zero-order chi connectivity index (χ0) is 14.8. The number of halogens is 1. The normalized spacial score (nSPS) is 23.4. The number of rotatable bonds is 3. The third-order valence-electron chi connectivity index (χ3n) is 4.36. The van der Waals surface area contributed by atoms with Gasteiger partial charge in [-0.2, -0.15) is 0 Å². The Labute approximate surface area is 130 Å². The first kappa shape index (κ1) is 15.6. The number of hydrogen-bond donors (Lipinski definition) is 1. The maximum atomic E-state index is 5.24. The number of hydrogen-bond acceptors (Lipinski definition) is 3. The molecule has 0 spiro atoms. The largest absolute Gasteiger partial charge is 0.480 e. The van der Waals surface area contributed by atoms with Gasteiger partial charge in [-0.05, 0) is 59.0 Å². The molecule has 1 aromatic rings. The number of nitrogens with zero attached hydrogens (tertiary/aromatic N) is 1. The average molecular weight is 341 g/mol. The number of methoxy groups -OCH3 is 1. The van der Waals surface area contributed by atoms with Crippen LogP contribution in [0, 0.1) is 11.3 Å². The third kappa shape index (κ3) is 3.66. The summed E-state index contributed by atoms with van der Waals surface area (Å²) in [6.45, 7) is 7.07. The van der Waals surface area contributed by atoms with Crippen molar-refractivity contribution in [3.63, 3.8) is 0 Å². The van der Waals surface area contributed by atoms with Crippen LogP contribution in [-0.4, -0.2) is 18.1 Å². The zero-order valence-electron chi connectivity index (χ0n) is 12.9. The molecule has 4 heteroatoms. The predicted octanol–water partition coefficient (Wildman–Crippen LogP) is 4.87. The fourth-order valence-corrected chi connectivity index (χ4v) is 3.51. The number of nitrogens with one attached hydrogen (secondary N) is 1. The second-order valence-electron chi connectivity index (χ2n) is 6.74. The van der Waals surface area contributed by atoms with Crippen molar-refractivity contribution in [3.05, 3.63) is 16.7 Å². The molecule has 0 aliphatic heterocycles. The molecule has 1 aromatic heterocycles. The first-order chi connectivity index (χ1) is 9.41. The van der Waals surface area contributed by atoms with Gasteiger partial charge in [0.1, 0.15) is 4.47 Å². The third-order valence-corrected chi connectivity index (χ3v) is 5.13. The minimum absolute atomic E-state index is 0.436. The van der Waals surface area contributed by atoms with Crippen LogP contribution >= 0.6 is 15.9 Å². The van der Waals surface area contributed by atoms with Crippen LogP contribution in [0.25, 0.3) is 0 Å². The van der Waals surface area contributed by atoms with E-state index in [1.54, 1.807) is 13.3 Å². The Kier molecular flexibility index (Phi) is 4.95. The highest BCUT2D eigenvalue weighted by Gasteiger charge is 2.29. The quantitative estimate of drug-likeness (QED) is 0.852. The molecule has 1 saturated carbocycles. The maximum absolute atomic E-state index is 5.24. The van der Waals surface area contributed by atoms with E-state index >= 15 is 0 Å². The van der Waals surface area contributed by atoms with Crippen LogP contribution < -0.4 is 10.1 Å². The van der Waals surface area contributed by atoms with Crippen molar-refractivity contribution >= 4 is 21.6 Å². The van der Waals surface area contributed by atoms with E-state index in [9.17, 15) is 0 Å². The van der Waals surface area contributed by atoms with E-state index < -0.39 is 0 Å². The van der Waals surface area contributed by atoms with Crippen molar-refractivity contribution in [2.45, 2.75) is 52.5 Å². The number of ether oxygens (including phenoxy) is 1. The van der Waals surface area contributed by atoms with Crippen LogP contribution in [0.3, 0.4) is 0 Å². The summed E-state index contributed by atoms with van der Waals surface area (Å²) in [4.78, 5) is 4.19. The molecule has 1 heterocycles. The molecule has 1 aliphatic carbocycles. The van der Waals surface area contributed by atoms with Crippen LogP contribution in [0.2, 0.25) is 0 Å². The zero-order valence-corrected chi connectivity index (χ0v) is 14.5. The average Bonchev–Trinajstić information content (AvgIpc) is 2.41. The molecule has 0 saturated heterocycles. The van der Waals surface area contributed by atoms with Gasteiger partial charge in [0.15, 0.2) is 0 Å². The van der Waals surface area contributed by atoms with Crippen LogP contribution in [-0.2, 0) is 0 Å². The molecule has 20 heavy (non-hydrogen) atoms. The van der Waals surface area contributed by atoms with E-state index in [0.717, 1.165) is 16.1 Å². The highest BCUT2D eigenvalue weighted by Crippen LogP contribution is 2.39.